The molecule has 0 unspecified atom stereocenters. The number of carbonyl (C=O) groups is 2. The van der Waals surface area contributed by atoms with Crippen molar-refractivity contribution in [3.8, 4) is 5.75 Å². The van der Waals surface area contributed by atoms with Gasteiger partial charge in [-0.25, -0.2) is 4.79 Å². The van der Waals surface area contributed by atoms with Crippen LogP contribution in [0.1, 0.15) is 12.0 Å². The molecule has 0 atom stereocenters. The van der Waals surface area contributed by atoms with Gasteiger partial charge in [-0.3, -0.25) is 4.79 Å². The Kier molecular flexibility index (Phi) is 5.38. The molecule has 6 heteroatoms. The maximum Gasteiger partial charge on any atom is 0.328 e. The third-order valence-electron chi connectivity index (χ3n) is 1.98. The minimum atomic E-state index is -1.01. The summed E-state index contributed by atoms with van der Waals surface area (Å²) < 4.78 is 6.02. The normalized spacial score (nSPS) is 10.5. The van der Waals surface area contributed by atoms with E-state index in [1.807, 2.05) is 0 Å². The summed E-state index contributed by atoms with van der Waals surface area (Å²) in [5.41, 5.74) is 5.72. The molecule has 1 rings (SSSR count). The Bertz CT molecular complexity index is 485. The maximum atomic E-state index is 10.5. The van der Waals surface area contributed by atoms with Crippen molar-refractivity contribution in [3.05, 3.63) is 34.3 Å². The summed E-state index contributed by atoms with van der Waals surface area (Å²) in [7, 11) is 0. The minimum absolute atomic E-state index is 0.146. The van der Waals surface area contributed by atoms with Crippen LogP contribution in [0.4, 0.5) is 0 Å². The van der Waals surface area contributed by atoms with Crippen molar-refractivity contribution in [1.82, 2.24) is 0 Å². The molecule has 0 fully saturated rings. The minimum Gasteiger partial charge on any atom is -0.492 e. The third-order valence-corrected chi connectivity index (χ3v) is 2.60. The van der Waals surface area contributed by atoms with Gasteiger partial charge in [0.05, 0.1) is 17.5 Å². The predicted molar refractivity (Wildman–Crippen MR) is 70.1 cm³/mol. The van der Waals surface area contributed by atoms with Crippen molar-refractivity contribution in [2.45, 2.75) is 6.42 Å². The van der Waals surface area contributed by atoms with E-state index in [0.29, 0.717) is 10.2 Å². The number of primary amides is 1. The number of ether oxygens (including phenoxy) is 1. The molecular formula is C12H12BrNO4. The summed E-state index contributed by atoms with van der Waals surface area (Å²) in [5.74, 6) is -0.858. The van der Waals surface area contributed by atoms with Crippen LogP contribution in [0.5, 0.6) is 5.75 Å². The summed E-state index contributed by atoms with van der Waals surface area (Å²) in [5, 5.41) is 8.50. The van der Waals surface area contributed by atoms with Crippen LogP contribution in [0.25, 0.3) is 6.08 Å². The molecule has 1 aromatic carbocycles. The van der Waals surface area contributed by atoms with Crippen molar-refractivity contribution in [2.75, 3.05) is 6.61 Å². The molecular weight excluding hydrogens is 302 g/mol. The lowest BCUT2D eigenvalue weighted by Crippen LogP contribution is -2.14. The lowest BCUT2D eigenvalue weighted by molar-refractivity contribution is -0.131. The topological polar surface area (TPSA) is 89.6 Å². The van der Waals surface area contributed by atoms with E-state index in [4.69, 9.17) is 15.6 Å². The number of aliphatic carboxylic acids is 1. The van der Waals surface area contributed by atoms with Crippen molar-refractivity contribution in [2.24, 2.45) is 5.73 Å². The average molecular weight is 314 g/mol. The SMILES string of the molecule is NC(=O)CCOc1ccc(/C=C/C(=O)O)cc1Br. The number of nitrogens with two attached hydrogens (primary N) is 1. The fourth-order valence-corrected chi connectivity index (χ4v) is 1.68. The number of carboxylic acids is 1. The molecule has 0 aliphatic carbocycles. The second-order valence-corrected chi connectivity index (χ2v) is 4.28. The number of carbonyl (C=O) groups excluding carboxylic acids is 1. The van der Waals surface area contributed by atoms with E-state index >= 15 is 0 Å². The lowest BCUT2D eigenvalue weighted by atomic mass is 10.2. The zero-order valence-electron chi connectivity index (χ0n) is 9.43. The summed E-state index contributed by atoms with van der Waals surface area (Å²) in [6.07, 6.45) is 2.67. The molecule has 96 valence electrons. The highest BCUT2D eigenvalue weighted by atomic mass is 79.9. The van der Waals surface area contributed by atoms with E-state index in [1.165, 1.54) is 6.08 Å². The second kappa shape index (κ2) is 6.80. The zero-order chi connectivity index (χ0) is 13.5. The molecule has 0 aromatic heterocycles. The second-order valence-electron chi connectivity index (χ2n) is 3.43. The molecule has 1 aromatic rings. The van der Waals surface area contributed by atoms with Gasteiger partial charge in [0.2, 0.25) is 5.91 Å². The molecule has 0 spiro atoms. The highest BCUT2D eigenvalue weighted by Gasteiger charge is 2.03. The smallest absolute Gasteiger partial charge is 0.328 e. The molecule has 0 aliphatic rings. The molecule has 0 radical (unpaired) electrons. The third kappa shape index (κ3) is 5.01. The van der Waals surface area contributed by atoms with Gasteiger partial charge in [-0.05, 0) is 39.7 Å². The van der Waals surface area contributed by atoms with Crippen LogP contribution in [-0.4, -0.2) is 23.6 Å². The highest BCUT2D eigenvalue weighted by molar-refractivity contribution is 9.10. The number of rotatable bonds is 6. The van der Waals surface area contributed by atoms with E-state index in [1.54, 1.807) is 18.2 Å². The molecule has 1 amide bonds. The molecule has 0 heterocycles. The first kappa shape index (κ1) is 14.2. The monoisotopic (exact) mass is 313 g/mol. The number of benzene rings is 1. The first-order valence-electron chi connectivity index (χ1n) is 5.10. The highest BCUT2D eigenvalue weighted by Crippen LogP contribution is 2.26. The van der Waals surface area contributed by atoms with Gasteiger partial charge in [-0.15, -0.1) is 0 Å². The molecule has 5 nitrogen and oxygen atoms in total. The number of halogens is 1. The van der Waals surface area contributed by atoms with Gasteiger partial charge in [0.1, 0.15) is 5.75 Å². The molecule has 18 heavy (non-hydrogen) atoms. The van der Waals surface area contributed by atoms with Crippen LogP contribution in [0.3, 0.4) is 0 Å². The van der Waals surface area contributed by atoms with Gasteiger partial charge < -0.3 is 15.6 Å². The van der Waals surface area contributed by atoms with Gasteiger partial charge in [-0.2, -0.15) is 0 Å². The number of amides is 1. The van der Waals surface area contributed by atoms with Crippen LogP contribution in [0.15, 0.2) is 28.7 Å². The molecule has 0 saturated heterocycles. The van der Waals surface area contributed by atoms with Gasteiger partial charge in [0.15, 0.2) is 0 Å². The number of carboxylic acid groups (broad SMARTS) is 1. The quantitative estimate of drug-likeness (QED) is 0.784. The van der Waals surface area contributed by atoms with E-state index in [2.05, 4.69) is 15.9 Å². The Balaban J connectivity index is 2.67. The van der Waals surface area contributed by atoms with Crippen LogP contribution >= 0.6 is 15.9 Å². The van der Waals surface area contributed by atoms with E-state index in [-0.39, 0.29) is 13.0 Å². The fraction of sp³-hybridized carbons (Fsp3) is 0.167. The van der Waals surface area contributed by atoms with Gasteiger partial charge in [-0.1, -0.05) is 6.07 Å². The Labute approximate surface area is 112 Å². The fourth-order valence-electron chi connectivity index (χ4n) is 1.17. The van der Waals surface area contributed by atoms with Crippen molar-refractivity contribution in [3.63, 3.8) is 0 Å². The van der Waals surface area contributed by atoms with E-state index < -0.39 is 11.9 Å². The Hall–Kier alpha value is -1.82. The van der Waals surface area contributed by atoms with Gasteiger partial charge in [0.25, 0.3) is 0 Å². The first-order chi connectivity index (χ1) is 8.49. The first-order valence-corrected chi connectivity index (χ1v) is 5.90. The summed E-state index contributed by atoms with van der Waals surface area (Å²) in [4.78, 5) is 20.9. The van der Waals surface area contributed by atoms with Gasteiger partial charge >= 0.3 is 5.97 Å². The van der Waals surface area contributed by atoms with E-state index in [9.17, 15) is 9.59 Å². The lowest BCUT2D eigenvalue weighted by Gasteiger charge is -2.07. The maximum absolute atomic E-state index is 10.5. The average Bonchev–Trinajstić information content (AvgIpc) is 2.28. The van der Waals surface area contributed by atoms with Crippen LogP contribution in [-0.2, 0) is 9.59 Å². The number of hydrogen-bond donors (Lipinski definition) is 2. The van der Waals surface area contributed by atoms with Crippen LogP contribution < -0.4 is 10.5 Å². The molecule has 3 N–H and O–H groups in total. The summed E-state index contributed by atoms with van der Waals surface area (Å²) in [6.45, 7) is 0.207. The Morgan fingerprint density at radius 2 is 2.17 bits per heavy atom. The standard InChI is InChI=1S/C12H12BrNO4/c13-9-7-8(2-4-12(16)17)1-3-10(9)18-6-5-11(14)15/h1-4,7H,5-6H2,(H2,14,15)(H,16,17)/b4-2+. The summed E-state index contributed by atoms with van der Waals surface area (Å²) >= 11 is 3.30. The van der Waals surface area contributed by atoms with Crippen molar-refractivity contribution >= 4 is 33.9 Å². The van der Waals surface area contributed by atoms with Crippen molar-refractivity contribution in [1.29, 1.82) is 0 Å². The largest absolute Gasteiger partial charge is 0.492 e. The number of hydrogen-bond acceptors (Lipinski definition) is 3. The zero-order valence-corrected chi connectivity index (χ0v) is 11.0. The Morgan fingerprint density at radius 3 is 2.72 bits per heavy atom. The molecule has 0 saturated carbocycles. The Morgan fingerprint density at radius 1 is 1.44 bits per heavy atom. The summed E-state index contributed by atoms with van der Waals surface area (Å²) in [6, 6.07) is 5.12. The predicted octanol–water partition coefficient (Wildman–Crippen LogP) is 1.80. The van der Waals surface area contributed by atoms with Crippen LogP contribution in [0.2, 0.25) is 0 Å². The van der Waals surface area contributed by atoms with Crippen LogP contribution in [0, 0.1) is 0 Å². The van der Waals surface area contributed by atoms with Crippen molar-refractivity contribution < 1.29 is 19.4 Å². The van der Waals surface area contributed by atoms with Gasteiger partial charge in [0, 0.05) is 6.08 Å². The molecule has 0 aliphatic heterocycles. The molecule has 0 bridgehead atoms. The van der Waals surface area contributed by atoms with E-state index in [0.717, 1.165) is 11.6 Å².